The van der Waals surface area contributed by atoms with Crippen molar-refractivity contribution in [1.29, 1.82) is 0 Å². The zero-order chi connectivity index (χ0) is 25.4. The summed E-state index contributed by atoms with van der Waals surface area (Å²) < 4.78 is 71.5. The Bertz CT molecular complexity index is 1180. The SMILES string of the molecule is CC=CCCc1c(F)cc(-c2ccc(CCc3ccc(C(F)=C(F)CCC)cc3)cc2F)cc1F. The highest BCUT2D eigenvalue weighted by Gasteiger charge is 2.14. The van der Waals surface area contributed by atoms with Crippen molar-refractivity contribution in [2.45, 2.75) is 52.4 Å². The molecule has 0 amide bonds. The van der Waals surface area contributed by atoms with Gasteiger partial charge in [-0.1, -0.05) is 55.5 Å². The van der Waals surface area contributed by atoms with Gasteiger partial charge in [-0.15, -0.1) is 0 Å². The van der Waals surface area contributed by atoms with Crippen molar-refractivity contribution in [1.82, 2.24) is 0 Å². The summed E-state index contributed by atoms with van der Waals surface area (Å²) >= 11 is 0. The Morgan fingerprint density at radius 3 is 2.00 bits per heavy atom. The van der Waals surface area contributed by atoms with Crippen molar-refractivity contribution in [3.05, 3.63) is 112 Å². The third-order valence-electron chi connectivity index (χ3n) is 5.90. The number of benzene rings is 3. The molecule has 0 unspecified atom stereocenters. The van der Waals surface area contributed by atoms with Gasteiger partial charge in [-0.25, -0.2) is 22.0 Å². The molecule has 184 valence electrons. The summed E-state index contributed by atoms with van der Waals surface area (Å²) in [4.78, 5) is 0. The molecule has 0 fully saturated rings. The zero-order valence-electron chi connectivity index (χ0n) is 20.0. The molecular formula is C30H29F5. The minimum Gasteiger partial charge on any atom is -0.209 e. The first kappa shape index (κ1) is 26.4. The molecular weight excluding hydrogens is 455 g/mol. The van der Waals surface area contributed by atoms with E-state index in [1.807, 2.05) is 19.1 Å². The van der Waals surface area contributed by atoms with Crippen molar-refractivity contribution in [3.63, 3.8) is 0 Å². The van der Waals surface area contributed by atoms with Crippen molar-refractivity contribution >= 4 is 5.83 Å². The summed E-state index contributed by atoms with van der Waals surface area (Å²) in [6.07, 6.45) is 6.11. The van der Waals surface area contributed by atoms with Crippen LogP contribution in [0.25, 0.3) is 17.0 Å². The topological polar surface area (TPSA) is 0 Å². The monoisotopic (exact) mass is 484 g/mol. The van der Waals surface area contributed by atoms with Crippen molar-refractivity contribution in [2.75, 3.05) is 0 Å². The van der Waals surface area contributed by atoms with E-state index in [1.165, 1.54) is 36.4 Å². The molecule has 0 saturated heterocycles. The average Bonchev–Trinajstić information content (AvgIpc) is 2.84. The molecule has 0 aliphatic heterocycles. The molecule has 0 nitrogen and oxygen atoms in total. The van der Waals surface area contributed by atoms with E-state index < -0.39 is 29.1 Å². The van der Waals surface area contributed by atoms with Gasteiger partial charge in [0.25, 0.3) is 0 Å². The third-order valence-corrected chi connectivity index (χ3v) is 5.90. The van der Waals surface area contributed by atoms with Crippen LogP contribution in [0.15, 0.2) is 72.6 Å². The first-order valence-electron chi connectivity index (χ1n) is 11.8. The van der Waals surface area contributed by atoms with Crippen LogP contribution in [0.1, 0.15) is 55.4 Å². The molecule has 0 spiro atoms. The predicted octanol–water partition coefficient (Wildman–Crippen LogP) is 9.47. The van der Waals surface area contributed by atoms with Crippen LogP contribution in [-0.4, -0.2) is 0 Å². The highest BCUT2D eigenvalue weighted by Crippen LogP contribution is 2.29. The number of aryl methyl sites for hydroxylation is 2. The second-order valence-corrected chi connectivity index (χ2v) is 8.51. The van der Waals surface area contributed by atoms with Crippen molar-refractivity contribution < 1.29 is 22.0 Å². The lowest BCUT2D eigenvalue weighted by Crippen LogP contribution is -1.98. The molecule has 0 heterocycles. The molecule has 0 aliphatic carbocycles. The first-order valence-corrected chi connectivity index (χ1v) is 11.8. The van der Waals surface area contributed by atoms with Crippen molar-refractivity contribution in [3.8, 4) is 11.1 Å². The minimum absolute atomic E-state index is 0.00151. The van der Waals surface area contributed by atoms with Gasteiger partial charge >= 0.3 is 0 Å². The Balaban J connectivity index is 1.69. The minimum atomic E-state index is -0.838. The highest BCUT2D eigenvalue weighted by atomic mass is 19.2. The fourth-order valence-electron chi connectivity index (χ4n) is 3.93. The van der Waals surface area contributed by atoms with Crippen molar-refractivity contribution in [2.24, 2.45) is 0 Å². The van der Waals surface area contributed by atoms with Gasteiger partial charge in [0.1, 0.15) is 23.3 Å². The molecule has 3 aromatic carbocycles. The Morgan fingerprint density at radius 1 is 0.771 bits per heavy atom. The molecule has 0 N–H and O–H groups in total. The van der Waals surface area contributed by atoms with Gasteiger partial charge in [0.15, 0.2) is 5.83 Å². The summed E-state index contributed by atoms with van der Waals surface area (Å²) in [6.45, 7) is 3.62. The maximum Gasteiger partial charge on any atom is 0.161 e. The van der Waals surface area contributed by atoms with E-state index in [4.69, 9.17) is 0 Å². The fourth-order valence-corrected chi connectivity index (χ4v) is 3.93. The lowest BCUT2D eigenvalue weighted by molar-refractivity contribution is 0.556. The first-order chi connectivity index (χ1) is 16.8. The van der Waals surface area contributed by atoms with Crippen LogP contribution >= 0.6 is 0 Å². The second-order valence-electron chi connectivity index (χ2n) is 8.51. The van der Waals surface area contributed by atoms with E-state index in [2.05, 4.69) is 0 Å². The van der Waals surface area contributed by atoms with E-state index in [9.17, 15) is 22.0 Å². The van der Waals surface area contributed by atoms with Gasteiger partial charge < -0.3 is 0 Å². The lowest BCUT2D eigenvalue weighted by Gasteiger charge is -2.10. The second kappa shape index (κ2) is 12.5. The van der Waals surface area contributed by atoms with Gasteiger partial charge in [0, 0.05) is 23.1 Å². The number of rotatable bonds is 10. The predicted molar refractivity (Wildman–Crippen MR) is 133 cm³/mol. The van der Waals surface area contributed by atoms with Gasteiger partial charge in [-0.3, -0.25) is 0 Å². The van der Waals surface area contributed by atoms with Gasteiger partial charge in [0.05, 0.1) is 0 Å². The van der Waals surface area contributed by atoms with Crippen LogP contribution in [0, 0.1) is 17.5 Å². The molecule has 3 aromatic rings. The van der Waals surface area contributed by atoms with Crippen LogP contribution in [0.4, 0.5) is 22.0 Å². The normalized spacial score (nSPS) is 12.3. The Labute approximate surface area is 203 Å². The summed E-state index contributed by atoms with van der Waals surface area (Å²) in [6, 6.07) is 13.5. The van der Waals surface area contributed by atoms with Gasteiger partial charge in [-0.05, 0) is 73.9 Å². The number of hydrogen-bond donors (Lipinski definition) is 0. The molecule has 0 bridgehead atoms. The maximum atomic E-state index is 14.8. The molecule has 0 aliphatic rings. The molecule has 3 rings (SSSR count). The number of halogens is 5. The quantitative estimate of drug-likeness (QED) is 0.199. The number of allylic oxidation sites excluding steroid dienone is 3. The van der Waals surface area contributed by atoms with Crippen LogP contribution in [0.2, 0.25) is 0 Å². The van der Waals surface area contributed by atoms with E-state index in [0.717, 1.165) is 11.1 Å². The highest BCUT2D eigenvalue weighted by molar-refractivity contribution is 5.65. The summed E-state index contributed by atoms with van der Waals surface area (Å²) in [5, 5.41) is 0. The van der Waals surface area contributed by atoms with Crippen LogP contribution in [0.5, 0.6) is 0 Å². The molecule has 0 aromatic heterocycles. The average molecular weight is 485 g/mol. The summed E-state index contributed by atoms with van der Waals surface area (Å²) in [5.41, 5.74) is 2.10. The van der Waals surface area contributed by atoms with E-state index >= 15 is 0 Å². The largest absolute Gasteiger partial charge is 0.209 e. The Morgan fingerprint density at radius 2 is 1.40 bits per heavy atom. The van der Waals surface area contributed by atoms with E-state index in [-0.39, 0.29) is 35.1 Å². The summed E-state index contributed by atoms with van der Waals surface area (Å²) in [7, 11) is 0. The smallest absolute Gasteiger partial charge is 0.161 e. The zero-order valence-corrected chi connectivity index (χ0v) is 20.0. The van der Waals surface area contributed by atoms with Crippen LogP contribution < -0.4 is 0 Å². The third kappa shape index (κ3) is 6.91. The van der Waals surface area contributed by atoms with Crippen LogP contribution in [-0.2, 0) is 19.3 Å². The number of hydrogen-bond acceptors (Lipinski definition) is 0. The maximum absolute atomic E-state index is 14.8. The van der Waals surface area contributed by atoms with Crippen LogP contribution in [0.3, 0.4) is 0 Å². The molecule has 5 heteroatoms. The van der Waals surface area contributed by atoms with Gasteiger partial charge in [-0.2, -0.15) is 0 Å². The van der Waals surface area contributed by atoms with E-state index in [0.29, 0.717) is 25.7 Å². The van der Waals surface area contributed by atoms with Gasteiger partial charge in [0.2, 0.25) is 0 Å². The van der Waals surface area contributed by atoms with E-state index in [1.54, 1.807) is 25.1 Å². The fraction of sp³-hybridized carbons (Fsp3) is 0.267. The Hall–Kier alpha value is -3.21. The lowest BCUT2D eigenvalue weighted by atomic mass is 9.97. The molecule has 0 saturated carbocycles. The summed E-state index contributed by atoms with van der Waals surface area (Å²) in [5.74, 6) is -3.51. The standard InChI is InChI=1S/C30H29F5/c1-3-5-6-8-25-28(33)18-23(19-29(25)34)24-16-13-21(17-27(24)32)10-9-20-11-14-22(15-12-20)30(35)26(31)7-4-2/h3,5,11-19H,4,6-10H2,1-2H3. The molecule has 0 atom stereocenters. The molecule has 35 heavy (non-hydrogen) atoms. The molecule has 0 radical (unpaired) electrons. The Kier molecular flexibility index (Phi) is 9.41.